The maximum Gasteiger partial charge on any atom is -0.0440 e. The Morgan fingerprint density at radius 2 is 0.514 bits per heavy atom. The van der Waals surface area contributed by atoms with Gasteiger partial charge in [0.05, 0.1) is 0 Å². The summed E-state index contributed by atoms with van der Waals surface area (Å²) in [5.41, 5.74) is 0. The molecular weight excluding hydrogens is 444 g/mol. The van der Waals surface area contributed by atoms with Crippen LogP contribution in [0.5, 0.6) is 0 Å². The molecule has 0 spiro atoms. The summed E-state index contributed by atoms with van der Waals surface area (Å²) < 4.78 is 0. The van der Waals surface area contributed by atoms with Crippen LogP contribution >= 0.6 is 0 Å². The van der Waals surface area contributed by atoms with Gasteiger partial charge in [-0.1, -0.05) is 220 Å². The second-order valence-corrected chi connectivity index (χ2v) is 13.4. The smallest absolute Gasteiger partial charge is 0.0440 e. The maximum atomic E-state index is 2.45. The Morgan fingerprint density at radius 3 is 0.730 bits per heavy atom. The third-order valence-electron chi connectivity index (χ3n) is 8.67. The predicted octanol–water partition coefficient (Wildman–Crippen LogP) is 14.4. The average molecular weight is 521 g/mol. The predicted molar refractivity (Wildman–Crippen MR) is 173 cm³/mol. The molecule has 1 unspecified atom stereocenters. The van der Waals surface area contributed by atoms with Crippen LogP contribution in [0.2, 0.25) is 0 Å². The first-order valence-corrected chi connectivity index (χ1v) is 18.2. The molecule has 0 radical (unpaired) electrons. The minimum atomic E-state index is 0.874. The average Bonchev–Trinajstić information content (AvgIpc) is 2.87. The van der Waals surface area contributed by atoms with Crippen molar-refractivity contribution in [3.63, 3.8) is 0 Å². The van der Waals surface area contributed by atoms with E-state index in [0.29, 0.717) is 0 Å². The monoisotopic (exact) mass is 521 g/mol. The lowest BCUT2D eigenvalue weighted by molar-refractivity contribution is 0.397. The second kappa shape index (κ2) is 32.2. The summed E-state index contributed by atoms with van der Waals surface area (Å²) in [4.78, 5) is 0. The van der Waals surface area contributed by atoms with Crippen molar-refractivity contribution >= 4 is 0 Å². The van der Waals surface area contributed by atoms with Crippen LogP contribution in [0.3, 0.4) is 0 Å². The van der Waals surface area contributed by atoms with Gasteiger partial charge in [-0.25, -0.2) is 0 Å². The molecule has 0 saturated carbocycles. The normalized spacial score (nSPS) is 12.6. The minimum Gasteiger partial charge on any atom is -0.0654 e. The standard InChI is InChI=1S/C37H76/c1-5-6-7-8-9-10-11-12-13-14-15-16-17-18-19-20-21-22-23-24-25-26-27-28-29-30-31-32-33-34-37(4)35-36(2)3/h36-37H,5-35H2,1-4H3. The molecule has 0 fully saturated rings. The van der Waals surface area contributed by atoms with Gasteiger partial charge >= 0.3 is 0 Å². The van der Waals surface area contributed by atoms with Crippen molar-refractivity contribution in [1.82, 2.24) is 0 Å². The molecular formula is C37H76. The highest BCUT2D eigenvalue weighted by atomic mass is 14.1. The number of hydrogen-bond acceptors (Lipinski definition) is 0. The Balaban J connectivity index is 3.06. The Bertz CT molecular complexity index is 383. The fourth-order valence-corrected chi connectivity index (χ4v) is 6.26. The molecule has 0 aliphatic heterocycles. The van der Waals surface area contributed by atoms with E-state index in [1.165, 1.54) is 199 Å². The quantitative estimate of drug-likeness (QED) is 0.0773. The van der Waals surface area contributed by atoms with Gasteiger partial charge in [0.15, 0.2) is 0 Å². The molecule has 0 heterocycles. The van der Waals surface area contributed by atoms with Crippen LogP contribution in [0.4, 0.5) is 0 Å². The topological polar surface area (TPSA) is 0 Å². The lowest BCUT2D eigenvalue weighted by Gasteiger charge is -2.13. The molecule has 0 nitrogen and oxygen atoms in total. The van der Waals surface area contributed by atoms with Gasteiger partial charge in [0.2, 0.25) is 0 Å². The summed E-state index contributed by atoms with van der Waals surface area (Å²) in [6, 6.07) is 0. The summed E-state index contributed by atoms with van der Waals surface area (Å²) in [7, 11) is 0. The van der Waals surface area contributed by atoms with E-state index in [9.17, 15) is 0 Å². The minimum absolute atomic E-state index is 0.874. The van der Waals surface area contributed by atoms with E-state index >= 15 is 0 Å². The van der Waals surface area contributed by atoms with Crippen molar-refractivity contribution in [2.24, 2.45) is 11.8 Å². The zero-order valence-electron chi connectivity index (χ0n) is 27.1. The van der Waals surface area contributed by atoms with Crippen molar-refractivity contribution in [2.75, 3.05) is 0 Å². The molecule has 0 heteroatoms. The molecule has 0 aromatic rings. The maximum absolute atomic E-state index is 2.45. The molecule has 224 valence electrons. The highest BCUT2D eigenvalue weighted by Gasteiger charge is 2.04. The van der Waals surface area contributed by atoms with E-state index < -0.39 is 0 Å². The molecule has 37 heavy (non-hydrogen) atoms. The SMILES string of the molecule is CCCCCCCCCCCCCCCCCCCCCCCCCCCCCCCC(C)CC(C)C. The van der Waals surface area contributed by atoms with E-state index in [4.69, 9.17) is 0 Å². The third-order valence-corrected chi connectivity index (χ3v) is 8.67. The fraction of sp³-hybridized carbons (Fsp3) is 1.00. The van der Waals surface area contributed by atoms with Crippen molar-refractivity contribution in [1.29, 1.82) is 0 Å². The molecule has 0 amide bonds. The van der Waals surface area contributed by atoms with E-state index in [1.54, 1.807) is 0 Å². The summed E-state index contributed by atoms with van der Waals surface area (Å²) in [6.07, 6.45) is 45.9. The van der Waals surface area contributed by atoms with E-state index in [-0.39, 0.29) is 0 Å². The van der Waals surface area contributed by atoms with Crippen molar-refractivity contribution < 1.29 is 0 Å². The molecule has 0 aliphatic carbocycles. The zero-order chi connectivity index (χ0) is 27.1. The molecule has 0 saturated heterocycles. The van der Waals surface area contributed by atoms with Gasteiger partial charge in [0.1, 0.15) is 0 Å². The van der Waals surface area contributed by atoms with E-state index in [1.807, 2.05) is 0 Å². The first-order chi connectivity index (χ1) is 18.2. The van der Waals surface area contributed by atoms with Crippen LogP contribution in [-0.4, -0.2) is 0 Å². The fourth-order valence-electron chi connectivity index (χ4n) is 6.26. The molecule has 0 N–H and O–H groups in total. The largest absolute Gasteiger partial charge is 0.0654 e. The van der Waals surface area contributed by atoms with Crippen molar-refractivity contribution in [3.8, 4) is 0 Å². The Kier molecular flexibility index (Phi) is 32.2. The van der Waals surface area contributed by atoms with Crippen molar-refractivity contribution in [3.05, 3.63) is 0 Å². The van der Waals surface area contributed by atoms with Crippen molar-refractivity contribution in [2.45, 2.75) is 227 Å². The first kappa shape index (κ1) is 37.0. The number of unbranched alkanes of at least 4 members (excludes halogenated alkanes) is 28. The van der Waals surface area contributed by atoms with Gasteiger partial charge < -0.3 is 0 Å². The highest BCUT2D eigenvalue weighted by molar-refractivity contribution is 4.57. The van der Waals surface area contributed by atoms with Crippen LogP contribution in [0.25, 0.3) is 0 Å². The molecule has 0 bridgehead atoms. The Morgan fingerprint density at radius 1 is 0.297 bits per heavy atom. The van der Waals surface area contributed by atoms with Crippen LogP contribution in [0, 0.1) is 11.8 Å². The molecule has 0 aromatic carbocycles. The van der Waals surface area contributed by atoms with Crippen LogP contribution < -0.4 is 0 Å². The lowest BCUT2D eigenvalue weighted by Crippen LogP contribution is -1.99. The van der Waals surface area contributed by atoms with Crippen LogP contribution in [0.1, 0.15) is 227 Å². The third kappa shape index (κ3) is 34.0. The Hall–Kier alpha value is 0. The van der Waals surface area contributed by atoms with Crippen LogP contribution in [-0.2, 0) is 0 Å². The van der Waals surface area contributed by atoms with Gasteiger partial charge in [-0.05, 0) is 18.3 Å². The van der Waals surface area contributed by atoms with E-state index in [0.717, 1.165) is 11.8 Å². The molecule has 1 atom stereocenters. The molecule has 0 aromatic heterocycles. The van der Waals surface area contributed by atoms with Crippen LogP contribution in [0.15, 0.2) is 0 Å². The summed E-state index contributed by atoms with van der Waals surface area (Å²) >= 11 is 0. The number of rotatable bonds is 32. The summed E-state index contributed by atoms with van der Waals surface area (Å²) in [5, 5.41) is 0. The van der Waals surface area contributed by atoms with E-state index in [2.05, 4.69) is 27.7 Å². The summed E-state index contributed by atoms with van der Waals surface area (Å²) in [5.74, 6) is 1.81. The van der Waals surface area contributed by atoms with Gasteiger partial charge in [-0.3, -0.25) is 0 Å². The number of hydrogen-bond donors (Lipinski definition) is 0. The highest BCUT2D eigenvalue weighted by Crippen LogP contribution is 2.19. The zero-order valence-corrected chi connectivity index (χ0v) is 27.1. The molecule has 0 rings (SSSR count). The second-order valence-electron chi connectivity index (χ2n) is 13.4. The van der Waals surface area contributed by atoms with Gasteiger partial charge in [-0.15, -0.1) is 0 Å². The van der Waals surface area contributed by atoms with Gasteiger partial charge in [0.25, 0.3) is 0 Å². The Labute approximate surface area is 238 Å². The lowest BCUT2D eigenvalue weighted by atomic mass is 9.93. The van der Waals surface area contributed by atoms with Gasteiger partial charge in [-0.2, -0.15) is 0 Å². The summed E-state index contributed by atoms with van der Waals surface area (Å²) in [6.45, 7) is 9.47. The van der Waals surface area contributed by atoms with Gasteiger partial charge in [0, 0.05) is 0 Å². The first-order valence-electron chi connectivity index (χ1n) is 18.2. The molecule has 0 aliphatic rings.